The van der Waals surface area contributed by atoms with E-state index in [0.29, 0.717) is 29.6 Å². The van der Waals surface area contributed by atoms with Crippen LogP contribution in [0.3, 0.4) is 0 Å². The molecule has 7 nitrogen and oxygen atoms in total. The van der Waals surface area contributed by atoms with Crippen LogP contribution in [0.1, 0.15) is 5.56 Å². The highest BCUT2D eigenvalue weighted by Crippen LogP contribution is 2.26. The van der Waals surface area contributed by atoms with Crippen LogP contribution in [0.25, 0.3) is 10.9 Å². The van der Waals surface area contributed by atoms with Crippen LogP contribution >= 0.6 is 0 Å². The van der Waals surface area contributed by atoms with Gasteiger partial charge >= 0.3 is 6.03 Å². The van der Waals surface area contributed by atoms with Crippen molar-refractivity contribution in [3.8, 4) is 11.5 Å². The van der Waals surface area contributed by atoms with Gasteiger partial charge < -0.3 is 14.8 Å². The zero-order valence-corrected chi connectivity index (χ0v) is 15.8. The molecule has 1 aromatic heterocycles. The summed E-state index contributed by atoms with van der Waals surface area (Å²) in [6.45, 7) is 0.462. The summed E-state index contributed by atoms with van der Waals surface area (Å²) >= 11 is 0. The van der Waals surface area contributed by atoms with E-state index in [9.17, 15) is 4.79 Å². The molecular weight excluding hydrogens is 368 g/mol. The number of carbonyl (C=O) groups is 1. The van der Waals surface area contributed by atoms with E-state index in [4.69, 9.17) is 9.47 Å². The molecule has 2 amide bonds. The molecular formula is C22H20N4O3. The maximum Gasteiger partial charge on any atom is 0.324 e. The van der Waals surface area contributed by atoms with E-state index >= 15 is 0 Å². The first-order chi connectivity index (χ1) is 14.2. The van der Waals surface area contributed by atoms with Crippen molar-refractivity contribution < 1.29 is 14.3 Å². The van der Waals surface area contributed by atoms with Crippen LogP contribution in [-0.2, 0) is 6.61 Å². The summed E-state index contributed by atoms with van der Waals surface area (Å²) in [6, 6.07) is 22.2. The largest absolute Gasteiger partial charge is 0.497 e. The molecule has 4 rings (SSSR count). The Hall–Kier alpha value is -4.00. The molecule has 4 aromatic rings. The molecule has 3 N–H and O–H groups in total. The van der Waals surface area contributed by atoms with Crippen molar-refractivity contribution in [2.24, 2.45) is 0 Å². The fourth-order valence-corrected chi connectivity index (χ4v) is 2.89. The lowest BCUT2D eigenvalue weighted by Crippen LogP contribution is -2.19. The Bertz CT molecular complexity index is 1130. The van der Waals surface area contributed by atoms with Gasteiger partial charge in [0.25, 0.3) is 0 Å². The quantitative estimate of drug-likeness (QED) is 0.443. The number of fused-ring (bicyclic) bond motifs is 1. The van der Waals surface area contributed by atoms with Crippen molar-refractivity contribution >= 4 is 28.4 Å². The first-order valence-corrected chi connectivity index (χ1v) is 9.08. The SMILES string of the molecule is COc1cccc(NC(=O)Nc2n[nH]c3ccc(OCc4ccccc4)cc23)c1. The molecule has 3 aromatic carbocycles. The van der Waals surface area contributed by atoms with Crippen molar-refractivity contribution in [3.05, 3.63) is 78.4 Å². The Morgan fingerprint density at radius 2 is 1.83 bits per heavy atom. The number of ether oxygens (including phenoxy) is 2. The van der Waals surface area contributed by atoms with E-state index in [0.717, 1.165) is 16.5 Å². The number of nitrogens with one attached hydrogen (secondary N) is 3. The monoisotopic (exact) mass is 388 g/mol. The smallest absolute Gasteiger partial charge is 0.324 e. The highest BCUT2D eigenvalue weighted by atomic mass is 16.5. The minimum absolute atomic E-state index is 0.401. The molecule has 0 aliphatic heterocycles. The first kappa shape index (κ1) is 18.4. The number of benzene rings is 3. The molecule has 1 heterocycles. The second kappa shape index (κ2) is 8.35. The van der Waals surface area contributed by atoms with Gasteiger partial charge in [0.15, 0.2) is 5.82 Å². The van der Waals surface area contributed by atoms with Crippen LogP contribution in [0.5, 0.6) is 11.5 Å². The van der Waals surface area contributed by atoms with Crippen molar-refractivity contribution in [1.29, 1.82) is 0 Å². The number of nitrogens with zero attached hydrogens (tertiary/aromatic N) is 1. The topological polar surface area (TPSA) is 88.3 Å². The number of rotatable bonds is 6. The van der Waals surface area contributed by atoms with Gasteiger partial charge in [0.1, 0.15) is 18.1 Å². The maximum atomic E-state index is 12.4. The Morgan fingerprint density at radius 1 is 0.966 bits per heavy atom. The summed E-state index contributed by atoms with van der Waals surface area (Å²) in [4.78, 5) is 12.4. The Morgan fingerprint density at radius 3 is 2.66 bits per heavy atom. The predicted octanol–water partition coefficient (Wildman–Crippen LogP) is 4.79. The number of urea groups is 1. The molecule has 0 saturated heterocycles. The fourth-order valence-electron chi connectivity index (χ4n) is 2.89. The number of hydrogen-bond donors (Lipinski definition) is 3. The number of anilines is 2. The zero-order valence-electron chi connectivity index (χ0n) is 15.8. The lowest BCUT2D eigenvalue weighted by Gasteiger charge is -2.08. The maximum absolute atomic E-state index is 12.4. The molecule has 146 valence electrons. The second-order valence-corrected chi connectivity index (χ2v) is 6.36. The second-order valence-electron chi connectivity index (χ2n) is 6.36. The summed E-state index contributed by atoms with van der Waals surface area (Å²) in [5.74, 6) is 1.78. The van der Waals surface area contributed by atoms with E-state index in [-0.39, 0.29) is 0 Å². The highest BCUT2D eigenvalue weighted by molar-refractivity contribution is 6.04. The molecule has 0 unspecified atom stereocenters. The lowest BCUT2D eigenvalue weighted by molar-refractivity contribution is 0.262. The fraction of sp³-hybridized carbons (Fsp3) is 0.0909. The molecule has 0 bridgehead atoms. The van der Waals surface area contributed by atoms with E-state index < -0.39 is 6.03 Å². The van der Waals surface area contributed by atoms with Gasteiger partial charge in [-0.1, -0.05) is 36.4 Å². The summed E-state index contributed by atoms with van der Waals surface area (Å²) < 4.78 is 11.0. The zero-order chi connectivity index (χ0) is 20.1. The van der Waals surface area contributed by atoms with Gasteiger partial charge in [0.05, 0.1) is 12.6 Å². The average Bonchev–Trinajstić information content (AvgIpc) is 3.15. The minimum Gasteiger partial charge on any atom is -0.497 e. The number of aromatic amines is 1. The Kier molecular flexibility index (Phi) is 5.29. The van der Waals surface area contributed by atoms with Gasteiger partial charge in [-0.2, -0.15) is 5.10 Å². The highest BCUT2D eigenvalue weighted by Gasteiger charge is 2.11. The number of hydrogen-bond acceptors (Lipinski definition) is 4. The van der Waals surface area contributed by atoms with Gasteiger partial charge in [-0.05, 0) is 35.9 Å². The van der Waals surface area contributed by atoms with Gasteiger partial charge in [-0.25, -0.2) is 4.79 Å². The van der Waals surface area contributed by atoms with Crippen LogP contribution in [0.4, 0.5) is 16.3 Å². The van der Waals surface area contributed by atoms with Crippen molar-refractivity contribution in [1.82, 2.24) is 10.2 Å². The van der Waals surface area contributed by atoms with Crippen LogP contribution in [0.2, 0.25) is 0 Å². The molecule has 0 radical (unpaired) electrons. The summed E-state index contributed by atoms with van der Waals surface area (Å²) in [5, 5.41) is 13.4. The van der Waals surface area contributed by atoms with E-state index in [2.05, 4.69) is 20.8 Å². The Balaban J connectivity index is 1.46. The molecule has 0 aliphatic carbocycles. The number of amides is 2. The van der Waals surface area contributed by atoms with E-state index in [1.807, 2.05) is 48.5 Å². The third-order valence-electron chi connectivity index (χ3n) is 4.34. The number of aromatic nitrogens is 2. The number of methoxy groups -OCH3 is 1. The van der Waals surface area contributed by atoms with Crippen molar-refractivity contribution in [2.75, 3.05) is 17.7 Å². The van der Waals surface area contributed by atoms with Gasteiger partial charge in [-0.15, -0.1) is 0 Å². The third-order valence-corrected chi connectivity index (χ3v) is 4.34. The molecule has 0 atom stereocenters. The van der Waals surface area contributed by atoms with Crippen molar-refractivity contribution in [2.45, 2.75) is 6.61 Å². The van der Waals surface area contributed by atoms with Crippen molar-refractivity contribution in [3.63, 3.8) is 0 Å². The van der Waals surface area contributed by atoms with E-state index in [1.54, 1.807) is 31.4 Å². The molecule has 0 saturated carbocycles. The van der Waals surface area contributed by atoms with Crippen LogP contribution < -0.4 is 20.1 Å². The molecule has 7 heteroatoms. The summed E-state index contributed by atoms with van der Waals surface area (Å²) in [5.41, 5.74) is 2.50. The number of H-pyrrole nitrogens is 1. The number of carbonyl (C=O) groups excluding carboxylic acids is 1. The van der Waals surface area contributed by atoms with Gasteiger partial charge in [-0.3, -0.25) is 10.4 Å². The average molecular weight is 388 g/mol. The lowest BCUT2D eigenvalue weighted by atomic mass is 10.2. The van der Waals surface area contributed by atoms with E-state index in [1.165, 1.54) is 0 Å². The van der Waals surface area contributed by atoms with Crippen LogP contribution in [0.15, 0.2) is 72.8 Å². The standard InChI is InChI=1S/C22H20N4O3/c1-28-17-9-5-8-16(12-17)23-22(27)24-21-19-13-18(10-11-20(19)25-26-21)29-14-15-6-3-2-4-7-15/h2-13H,14H2,1H3,(H3,23,24,25,26,27). The normalized spacial score (nSPS) is 10.5. The minimum atomic E-state index is -0.401. The predicted molar refractivity (Wildman–Crippen MR) is 113 cm³/mol. The van der Waals surface area contributed by atoms with Crippen LogP contribution in [-0.4, -0.2) is 23.3 Å². The van der Waals surface area contributed by atoms with Gasteiger partial charge in [0.2, 0.25) is 0 Å². The summed E-state index contributed by atoms with van der Waals surface area (Å²) in [6.07, 6.45) is 0. The Labute approximate surface area is 167 Å². The molecule has 0 fully saturated rings. The van der Waals surface area contributed by atoms with Crippen LogP contribution in [0, 0.1) is 0 Å². The molecule has 29 heavy (non-hydrogen) atoms. The molecule has 0 aliphatic rings. The van der Waals surface area contributed by atoms with Gasteiger partial charge in [0, 0.05) is 17.1 Å². The summed E-state index contributed by atoms with van der Waals surface area (Å²) in [7, 11) is 1.58. The third kappa shape index (κ3) is 4.47. The molecule has 0 spiro atoms. The first-order valence-electron chi connectivity index (χ1n) is 9.08.